The van der Waals surface area contributed by atoms with Crippen molar-refractivity contribution in [3.63, 3.8) is 0 Å². The molecule has 124 valence electrons. The lowest BCUT2D eigenvalue weighted by molar-refractivity contribution is -0.119. The summed E-state index contributed by atoms with van der Waals surface area (Å²) >= 11 is 4.82. The Morgan fingerprint density at radius 2 is 1.95 bits per heavy atom. The quantitative estimate of drug-likeness (QED) is 0.744. The number of nitrogens with zero attached hydrogens (tertiary/aromatic N) is 2. The summed E-state index contributed by atoms with van der Waals surface area (Å²) in [6.07, 6.45) is 4.87. The summed E-state index contributed by atoms with van der Waals surface area (Å²) in [5, 5.41) is 11.5. The topological polar surface area (TPSA) is 54.9 Å². The molecule has 1 aliphatic carbocycles. The zero-order chi connectivity index (χ0) is 15.9. The molecule has 1 aromatic heterocycles. The molecule has 0 bridgehead atoms. The van der Waals surface area contributed by atoms with Crippen molar-refractivity contribution in [2.45, 2.75) is 61.2 Å². The molecule has 0 spiro atoms. The second-order valence-corrected chi connectivity index (χ2v) is 9.73. The lowest BCUT2D eigenvalue weighted by Crippen LogP contribution is -2.41. The number of amides is 1. The maximum absolute atomic E-state index is 12.1. The number of carbonyl (C=O) groups is 1. The van der Waals surface area contributed by atoms with Gasteiger partial charge in [-0.1, -0.05) is 68.5 Å². The zero-order valence-electron chi connectivity index (χ0n) is 13.5. The van der Waals surface area contributed by atoms with Gasteiger partial charge in [-0.3, -0.25) is 4.79 Å². The minimum absolute atomic E-state index is 0.121. The molecular formula is C15H25N3OS3. The Kier molecular flexibility index (Phi) is 7.50. The van der Waals surface area contributed by atoms with Crippen molar-refractivity contribution in [3.05, 3.63) is 0 Å². The van der Waals surface area contributed by atoms with Crippen LogP contribution in [-0.2, 0) is 4.79 Å². The van der Waals surface area contributed by atoms with Gasteiger partial charge in [0.1, 0.15) is 0 Å². The average Bonchev–Trinajstić information content (AvgIpc) is 2.93. The second kappa shape index (κ2) is 9.13. The van der Waals surface area contributed by atoms with Gasteiger partial charge in [-0.15, -0.1) is 10.2 Å². The van der Waals surface area contributed by atoms with E-state index in [2.05, 4.69) is 36.3 Å². The fourth-order valence-electron chi connectivity index (χ4n) is 2.46. The van der Waals surface area contributed by atoms with Gasteiger partial charge in [0.2, 0.25) is 5.91 Å². The largest absolute Gasteiger partial charge is 0.352 e. The number of carbonyl (C=O) groups excluding carboxylic acids is 1. The molecule has 1 saturated carbocycles. The van der Waals surface area contributed by atoms with Crippen molar-refractivity contribution in [1.82, 2.24) is 15.5 Å². The van der Waals surface area contributed by atoms with Gasteiger partial charge >= 0.3 is 0 Å². The van der Waals surface area contributed by atoms with E-state index in [1.807, 2.05) is 0 Å². The van der Waals surface area contributed by atoms with Crippen LogP contribution < -0.4 is 5.32 Å². The Balaban J connectivity index is 1.71. The number of hydrogen-bond donors (Lipinski definition) is 1. The highest BCUT2D eigenvalue weighted by atomic mass is 32.2. The van der Waals surface area contributed by atoms with E-state index in [1.54, 1.807) is 23.1 Å². The van der Waals surface area contributed by atoms with Gasteiger partial charge in [-0.2, -0.15) is 0 Å². The van der Waals surface area contributed by atoms with Crippen LogP contribution in [0.4, 0.5) is 0 Å². The van der Waals surface area contributed by atoms with Crippen LogP contribution in [0.3, 0.4) is 0 Å². The van der Waals surface area contributed by atoms with Gasteiger partial charge in [-0.05, 0) is 24.7 Å². The van der Waals surface area contributed by atoms with Crippen LogP contribution in [0, 0.1) is 11.8 Å². The first kappa shape index (κ1) is 18.1. The highest BCUT2D eigenvalue weighted by Crippen LogP contribution is 2.30. The van der Waals surface area contributed by atoms with Crippen molar-refractivity contribution in [3.8, 4) is 0 Å². The Labute approximate surface area is 145 Å². The summed E-state index contributed by atoms with van der Waals surface area (Å²) in [5.74, 6) is 2.86. The summed E-state index contributed by atoms with van der Waals surface area (Å²) in [5.41, 5.74) is 0. The molecule has 1 fully saturated rings. The molecule has 0 unspecified atom stereocenters. The van der Waals surface area contributed by atoms with Crippen molar-refractivity contribution in [1.29, 1.82) is 0 Å². The lowest BCUT2D eigenvalue weighted by atomic mass is 9.86. The second-order valence-electron chi connectivity index (χ2n) is 6.26. The molecule has 4 nitrogen and oxygen atoms in total. The first-order chi connectivity index (χ1) is 10.5. The Morgan fingerprint density at radius 1 is 1.27 bits per heavy atom. The number of rotatable bonds is 7. The molecule has 0 saturated heterocycles. The molecule has 1 heterocycles. The van der Waals surface area contributed by atoms with E-state index in [0.717, 1.165) is 20.9 Å². The first-order valence-electron chi connectivity index (χ1n) is 7.93. The van der Waals surface area contributed by atoms with Gasteiger partial charge in [0.05, 0.1) is 5.75 Å². The van der Waals surface area contributed by atoms with Crippen molar-refractivity contribution in [2.24, 2.45) is 11.8 Å². The molecule has 7 heteroatoms. The summed E-state index contributed by atoms with van der Waals surface area (Å²) in [6, 6.07) is 0.355. The molecule has 1 aromatic rings. The normalized spacial score (nSPS) is 22.0. The molecule has 1 aliphatic rings. The minimum atomic E-state index is 0.121. The summed E-state index contributed by atoms with van der Waals surface area (Å²) in [6.45, 7) is 6.63. The van der Waals surface area contributed by atoms with Gasteiger partial charge in [0, 0.05) is 11.8 Å². The summed E-state index contributed by atoms with van der Waals surface area (Å²) < 4.78 is 1.88. The highest BCUT2D eigenvalue weighted by molar-refractivity contribution is 8.03. The van der Waals surface area contributed by atoms with E-state index >= 15 is 0 Å². The molecule has 0 radical (unpaired) electrons. The van der Waals surface area contributed by atoms with Crippen molar-refractivity contribution in [2.75, 3.05) is 11.5 Å². The monoisotopic (exact) mass is 359 g/mol. The van der Waals surface area contributed by atoms with E-state index in [1.165, 1.54) is 31.0 Å². The van der Waals surface area contributed by atoms with E-state index in [9.17, 15) is 4.79 Å². The Hall–Kier alpha value is -0.270. The van der Waals surface area contributed by atoms with E-state index in [-0.39, 0.29) is 5.91 Å². The SMILES string of the molecule is CC(C)CSc1nnc(SCC(=O)N[C@H]2CCCC[C@H]2C)s1. The van der Waals surface area contributed by atoms with Crippen molar-refractivity contribution < 1.29 is 4.79 Å². The molecule has 1 N–H and O–H groups in total. The molecular weight excluding hydrogens is 334 g/mol. The number of thioether (sulfide) groups is 2. The van der Waals surface area contributed by atoms with Crippen LogP contribution in [0.25, 0.3) is 0 Å². The van der Waals surface area contributed by atoms with Gasteiger partial charge < -0.3 is 5.32 Å². The molecule has 2 rings (SSSR count). The Morgan fingerprint density at radius 3 is 2.64 bits per heavy atom. The molecule has 1 amide bonds. The molecule has 0 aliphatic heterocycles. The van der Waals surface area contributed by atoms with Gasteiger partial charge in [-0.25, -0.2) is 0 Å². The molecule has 22 heavy (non-hydrogen) atoms. The lowest BCUT2D eigenvalue weighted by Gasteiger charge is -2.29. The summed E-state index contributed by atoms with van der Waals surface area (Å²) in [7, 11) is 0. The predicted molar refractivity (Wildman–Crippen MR) is 95.8 cm³/mol. The van der Waals surface area contributed by atoms with Crippen molar-refractivity contribution >= 4 is 40.8 Å². The maximum atomic E-state index is 12.1. The van der Waals surface area contributed by atoms with Crippen LogP contribution in [0.15, 0.2) is 8.68 Å². The summed E-state index contributed by atoms with van der Waals surface area (Å²) in [4.78, 5) is 12.1. The fourth-order valence-corrected chi connectivity index (χ4v) is 5.27. The van der Waals surface area contributed by atoms with Crippen LogP contribution in [0.5, 0.6) is 0 Å². The third kappa shape index (κ3) is 6.08. The van der Waals surface area contributed by atoms with E-state index in [0.29, 0.717) is 23.6 Å². The van der Waals surface area contributed by atoms with E-state index < -0.39 is 0 Å². The number of aromatic nitrogens is 2. The Bertz CT molecular complexity index is 478. The van der Waals surface area contributed by atoms with Crippen LogP contribution in [0.2, 0.25) is 0 Å². The first-order valence-corrected chi connectivity index (χ1v) is 10.7. The predicted octanol–water partition coefficient (Wildman–Crippen LogP) is 4.07. The molecule has 0 aromatic carbocycles. The van der Waals surface area contributed by atoms with Gasteiger partial charge in [0.15, 0.2) is 8.68 Å². The highest BCUT2D eigenvalue weighted by Gasteiger charge is 2.22. The van der Waals surface area contributed by atoms with Crippen LogP contribution in [-0.4, -0.2) is 33.7 Å². The van der Waals surface area contributed by atoms with Gasteiger partial charge in [0.25, 0.3) is 0 Å². The van der Waals surface area contributed by atoms with Crippen LogP contribution >= 0.6 is 34.9 Å². The third-order valence-electron chi connectivity index (χ3n) is 3.71. The standard InChI is InChI=1S/C15H25N3OS3/c1-10(2)8-20-14-17-18-15(22-14)21-9-13(19)16-12-7-5-4-6-11(12)3/h10-12H,4-9H2,1-3H3,(H,16,19)/t11-,12+/m1/s1. The molecule has 2 atom stereocenters. The minimum Gasteiger partial charge on any atom is -0.352 e. The van der Waals surface area contributed by atoms with E-state index in [4.69, 9.17) is 0 Å². The van der Waals surface area contributed by atoms with Crippen LogP contribution in [0.1, 0.15) is 46.5 Å². The third-order valence-corrected chi connectivity index (χ3v) is 7.33. The number of hydrogen-bond acceptors (Lipinski definition) is 6. The maximum Gasteiger partial charge on any atom is 0.230 e. The average molecular weight is 360 g/mol. The fraction of sp³-hybridized carbons (Fsp3) is 0.800. The zero-order valence-corrected chi connectivity index (χ0v) is 16.0. The smallest absolute Gasteiger partial charge is 0.230 e. The number of nitrogens with one attached hydrogen (secondary N) is 1.